The Morgan fingerprint density at radius 3 is 2.65 bits per heavy atom. The van der Waals surface area contributed by atoms with Gasteiger partial charge in [0.1, 0.15) is 0 Å². The van der Waals surface area contributed by atoms with Gasteiger partial charge in [0.25, 0.3) is 0 Å². The lowest BCUT2D eigenvalue weighted by atomic mass is 10.1. The minimum atomic E-state index is 0.228. The molecule has 0 bridgehead atoms. The zero-order valence-electron chi connectivity index (χ0n) is 15.5. The van der Waals surface area contributed by atoms with Gasteiger partial charge >= 0.3 is 0 Å². The van der Waals surface area contributed by atoms with Gasteiger partial charge < -0.3 is 4.90 Å². The monoisotopic (exact) mass is 370 g/mol. The first-order valence-corrected chi connectivity index (χ1v) is 10.2. The minimum Gasteiger partial charge on any atom is -0.308 e. The summed E-state index contributed by atoms with van der Waals surface area (Å²) < 4.78 is 0. The number of hydrogen-bond donors (Lipinski definition) is 0. The predicted octanol–water partition coefficient (Wildman–Crippen LogP) is 2.55. The summed E-state index contributed by atoms with van der Waals surface area (Å²) in [4.78, 5) is 24.2. The molecule has 138 valence electrons. The number of hydrogen-bond acceptors (Lipinski definition) is 5. The molecule has 1 aromatic heterocycles. The number of carbonyl (C=O) groups is 1. The van der Waals surface area contributed by atoms with E-state index >= 15 is 0 Å². The zero-order chi connectivity index (χ0) is 18.1. The molecule has 1 saturated heterocycles. The van der Waals surface area contributed by atoms with Crippen LogP contribution in [-0.4, -0.2) is 59.5 Å². The fourth-order valence-corrected chi connectivity index (χ4v) is 4.63. The number of rotatable bonds is 4. The third kappa shape index (κ3) is 3.68. The highest BCUT2D eigenvalue weighted by atomic mass is 32.1. The molecule has 1 aromatic carbocycles. The second-order valence-electron chi connectivity index (χ2n) is 7.36. The van der Waals surface area contributed by atoms with Crippen LogP contribution < -0.4 is 4.90 Å². The molecule has 4 rings (SSSR count). The maximum atomic E-state index is 12.9. The molecule has 3 heterocycles. The summed E-state index contributed by atoms with van der Waals surface area (Å²) in [6.45, 7) is 9.51. The van der Waals surface area contributed by atoms with Gasteiger partial charge in [-0.1, -0.05) is 18.2 Å². The van der Waals surface area contributed by atoms with E-state index < -0.39 is 0 Å². The van der Waals surface area contributed by atoms with E-state index in [0.717, 1.165) is 49.8 Å². The molecule has 0 spiro atoms. The molecule has 0 saturated carbocycles. The van der Waals surface area contributed by atoms with Crippen molar-refractivity contribution in [2.24, 2.45) is 0 Å². The van der Waals surface area contributed by atoms with E-state index in [2.05, 4.69) is 52.2 Å². The summed E-state index contributed by atoms with van der Waals surface area (Å²) in [6, 6.07) is 8.55. The Bertz CT molecular complexity index is 782. The normalized spacial score (nSPS) is 21.2. The van der Waals surface area contributed by atoms with Crippen LogP contribution in [0, 0.1) is 6.92 Å². The van der Waals surface area contributed by atoms with Crippen molar-refractivity contribution in [3.63, 3.8) is 0 Å². The molecule has 0 unspecified atom stereocenters. The second kappa shape index (κ2) is 7.47. The fourth-order valence-electron chi connectivity index (χ4n) is 4.03. The van der Waals surface area contributed by atoms with Gasteiger partial charge in [-0.25, -0.2) is 4.98 Å². The highest BCUT2D eigenvalue weighted by molar-refractivity contribution is 7.09. The van der Waals surface area contributed by atoms with Gasteiger partial charge in [0.05, 0.1) is 17.2 Å². The quantitative estimate of drug-likeness (QED) is 0.829. The number of aryl methyl sites for hydroxylation is 1. The highest BCUT2D eigenvalue weighted by Gasteiger charge is 2.31. The van der Waals surface area contributed by atoms with Crippen LogP contribution in [0.25, 0.3) is 0 Å². The number of nitrogens with zero attached hydrogens (tertiary/aromatic N) is 4. The van der Waals surface area contributed by atoms with E-state index in [4.69, 9.17) is 0 Å². The van der Waals surface area contributed by atoms with Crippen LogP contribution in [-0.2, 0) is 17.8 Å². The van der Waals surface area contributed by atoms with E-state index in [1.807, 2.05) is 11.0 Å². The van der Waals surface area contributed by atoms with Crippen molar-refractivity contribution in [3.8, 4) is 0 Å². The molecule has 2 aliphatic rings. The standard InChI is InChI=1S/C20H26N4OS/c1-15-11-17-5-3-4-6-19(17)24(15)20(25)13-23-9-7-22(8-10-23)12-18-14-26-16(2)21-18/h3-6,14-15H,7-13H2,1-2H3/t15-/m1/s1. The van der Waals surface area contributed by atoms with Crippen LogP contribution in [0.15, 0.2) is 29.6 Å². The first kappa shape index (κ1) is 17.6. The molecular weight excluding hydrogens is 344 g/mol. The fraction of sp³-hybridized carbons (Fsp3) is 0.500. The van der Waals surface area contributed by atoms with Gasteiger partial charge in [0.2, 0.25) is 5.91 Å². The lowest BCUT2D eigenvalue weighted by molar-refractivity contribution is -0.120. The Balaban J connectivity index is 1.31. The van der Waals surface area contributed by atoms with E-state index in [0.29, 0.717) is 6.54 Å². The molecule has 1 amide bonds. The van der Waals surface area contributed by atoms with Gasteiger partial charge in [-0.05, 0) is 31.9 Å². The number of aromatic nitrogens is 1. The number of anilines is 1. The van der Waals surface area contributed by atoms with Crippen LogP contribution in [0.1, 0.15) is 23.2 Å². The minimum absolute atomic E-state index is 0.228. The van der Waals surface area contributed by atoms with Crippen molar-refractivity contribution in [1.82, 2.24) is 14.8 Å². The van der Waals surface area contributed by atoms with Crippen LogP contribution in [0.4, 0.5) is 5.69 Å². The lowest BCUT2D eigenvalue weighted by Crippen LogP contribution is -2.50. The lowest BCUT2D eigenvalue weighted by Gasteiger charge is -2.35. The van der Waals surface area contributed by atoms with Crippen LogP contribution in [0.2, 0.25) is 0 Å². The van der Waals surface area contributed by atoms with Crippen molar-refractivity contribution in [2.75, 3.05) is 37.6 Å². The molecule has 5 nitrogen and oxygen atoms in total. The SMILES string of the molecule is Cc1nc(CN2CCN(CC(=O)N3c4ccccc4C[C@H]3C)CC2)cs1. The van der Waals surface area contributed by atoms with Crippen LogP contribution in [0.5, 0.6) is 0 Å². The van der Waals surface area contributed by atoms with E-state index in [9.17, 15) is 4.79 Å². The number of carbonyl (C=O) groups excluding carboxylic acids is 1. The Morgan fingerprint density at radius 1 is 1.19 bits per heavy atom. The number of benzene rings is 1. The first-order chi connectivity index (χ1) is 12.6. The molecule has 1 fully saturated rings. The van der Waals surface area contributed by atoms with Gasteiger partial charge in [0.15, 0.2) is 0 Å². The Hall–Kier alpha value is -1.76. The van der Waals surface area contributed by atoms with E-state index in [1.165, 1.54) is 11.3 Å². The molecule has 6 heteroatoms. The summed E-state index contributed by atoms with van der Waals surface area (Å²) in [6.07, 6.45) is 0.961. The van der Waals surface area contributed by atoms with E-state index in [-0.39, 0.29) is 11.9 Å². The Morgan fingerprint density at radius 2 is 1.92 bits per heavy atom. The average Bonchev–Trinajstić information content (AvgIpc) is 3.18. The van der Waals surface area contributed by atoms with Crippen molar-refractivity contribution in [1.29, 1.82) is 0 Å². The highest BCUT2D eigenvalue weighted by Crippen LogP contribution is 2.31. The molecule has 0 radical (unpaired) electrons. The average molecular weight is 371 g/mol. The van der Waals surface area contributed by atoms with Crippen molar-refractivity contribution in [3.05, 3.63) is 45.9 Å². The summed E-state index contributed by atoms with van der Waals surface area (Å²) in [5.74, 6) is 0.228. The first-order valence-electron chi connectivity index (χ1n) is 9.36. The maximum Gasteiger partial charge on any atom is 0.241 e. The maximum absolute atomic E-state index is 12.9. The van der Waals surface area contributed by atoms with E-state index in [1.54, 1.807) is 11.3 Å². The number of amides is 1. The van der Waals surface area contributed by atoms with Gasteiger partial charge in [-0.15, -0.1) is 11.3 Å². The van der Waals surface area contributed by atoms with Gasteiger partial charge in [-0.3, -0.25) is 14.6 Å². The van der Waals surface area contributed by atoms with Crippen molar-refractivity contribution in [2.45, 2.75) is 32.9 Å². The number of piperazine rings is 1. The molecule has 0 N–H and O–H groups in total. The number of thiazole rings is 1. The second-order valence-corrected chi connectivity index (χ2v) is 8.42. The molecule has 0 aliphatic carbocycles. The summed E-state index contributed by atoms with van der Waals surface area (Å²) >= 11 is 1.71. The Labute approximate surface area is 159 Å². The molecular formula is C20H26N4OS. The smallest absolute Gasteiger partial charge is 0.241 e. The Kier molecular flexibility index (Phi) is 5.07. The largest absolute Gasteiger partial charge is 0.308 e. The summed E-state index contributed by atoms with van der Waals surface area (Å²) in [7, 11) is 0. The molecule has 2 aromatic rings. The zero-order valence-corrected chi connectivity index (χ0v) is 16.3. The summed E-state index contributed by atoms with van der Waals surface area (Å²) in [5.41, 5.74) is 3.55. The van der Waals surface area contributed by atoms with Crippen LogP contribution >= 0.6 is 11.3 Å². The molecule has 1 atom stereocenters. The number of para-hydroxylation sites is 1. The summed E-state index contributed by atoms with van der Waals surface area (Å²) in [5, 5.41) is 3.28. The third-order valence-electron chi connectivity index (χ3n) is 5.35. The molecule has 26 heavy (non-hydrogen) atoms. The van der Waals surface area contributed by atoms with Crippen molar-refractivity contribution >= 4 is 22.9 Å². The van der Waals surface area contributed by atoms with Crippen molar-refractivity contribution < 1.29 is 4.79 Å². The topological polar surface area (TPSA) is 39.7 Å². The molecule has 2 aliphatic heterocycles. The van der Waals surface area contributed by atoms with Gasteiger partial charge in [-0.2, -0.15) is 0 Å². The van der Waals surface area contributed by atoms with Gasteiger partial charge in [0, 0.05) is 49.8 Å². The van der Waals surface area contributed by atoms with Crippen LogP contribution in [0.3, 0.4) is 0 Å². The number of fused-ring (bicyclic) bond motifs is 1. The predicted molar refractivity (Wildman–Crippen MR) is 106 cm³/mol. The third-order valence-corrected chi connectivity index (χ3v) is 6.17.